The number of hydrogen-bond acceptors (Lipinski definition) is 2. The molecule has 0 aromatic heterocycles. The first-order valence-corrected chi connectivity index (χ1v) is 14.1. The van der Waals surface area contributed by atoms with Gasteiger partial charge in [-0.1, -0.05) is 48.5 Å². The van der Waals surface area contributed by atoms with Gasteiger partial charge in [-0.25, -0.2) is 0 Å². The fourth-order valence-electron chi connectivity index (χ4n) is 11.6. The molecule has 33 heavy (non-hydrogen) atoms. The number of hydrogen-bond donors (Lipinski definition) is 2. The summed E-state index contributed by atoms with van der Waals surface area (Å²) in [6, 6.07) is 0. The van der Waals surface area contributed by atoms with Gasteiger partial charge in [-0.3, -0.25) is 4.79 Å². The minimum Gasteiger partial charge on any atom is -0.481 e. The molecule has 9 atom stereocenters. The van der Waals surface area contributed by atoms with Crippen LogP contribution in [-0.2, 0) is 4.79 Å². The molecule has 3 nitrogen and oxygen atoms in total. The van der Waals surface area contributed by atoms with E-state index in [1.807, 2.05) is 0 Å². The Hall–Kier alpha value is -0.570. The van der Waals surface area contributed by atoms with Crippen molar-refractivity contribution in [1.29, 1.82) is 0 Å². The third-order valence-corrected chi connectivity index (χ3v) is 13.4. The molecule has 5 aliphatic rings. The first kappa shape index (κ1) is 24.1. The molecular weight excluding hydrogens is 408 g/mol. The van der Waals surface area contributed by atoms with Gasteiger partial charge in [0.2, 0.25) is 0 Å². The van der Waals surface area contributed by atoms with Gasteiger partial charge >= 0.3 is 5.97 Å². The number of carbonyl (C=O) groups is 1. The number of carboxylic acids is 1. The Kier molecular flexibility index (Phi) is 5.13. The van der Waals surface area contributed by atoms with Gasteiger partial charge < -0.3 is 10.2 Å². The van der Waals surface area contributed by atoms with Crippen LogP contribution in [-0.4, -0.2) is 22.3 Å². The standard InChI is InChI=1S/C30H50O3/c1-25(2)16-17-30(24(32)33)15-10-21-28(6)12-8-19-26(3,4)23(31)11-14-27(19,5)20(28)9-13-29(21,7)22(30)18-25/h19-23,31H,8-18H2,1-7H3,(H,32,33)/t19-,20?,21+,22+,23+,27-,28-,29+,30+/m1/s1. The highest BCUT2D eigenvalue weighted by atomic mass is 16.4. The summed E-state index contributed by atoms with van der Waals surface area (Å²) in [5, 5.41) is 21.4. The molecule has 5 fully saturated rings. The summed E-state index contributed by atoms with van der Waals surface area (Å²) in [6.45, 7) is 17.1. The lowest BCUT2D eigenvalue weighted by Crippen LogP contribution is -2.67. The summed E-state index contributed by atoms with van der Waals surface area (Å²) in [6.07, 6.45) is 11.8. The highest BCUT2D eigenvalue weighted by Crippen LogP contribution is 2.76. The van der Waals surface area contributed by atoms with Gasteiger partial charge in [0.1, 0.15) is 0 Å². The van der Waals surface area contributed by atoms with Gasteiger partial charge in [0, 0.05) is 0 Å². The summed E-state index contributed by atoms with van der Waals surface area (Å²) in [5.41, 5.74) is 0.467. The smallest absolute Gasteiger partial charge is 0.309 e. The maximum atomic E-state index is 12.8. The first-order chi connectivity index (χ1) is 15.1. The molecule has 5 aliphatic carbocycles. The maximum Gasteiger partial charge on any atom is 0.309 e. The number of aliphatic hydroxyl groups excluding tert-OH is 1. The Morgan fingerprint density at radius 2 is 1.12 bits per heavy atom. The van der Waals surface area contributed by atoms with E-state index in [9.17, 15) is 15.0 Å². The fourth-order valence-corrected chi connectivity index (χ4v) is 11.6. The molecule has 0 aromatic rings. The van der Waals surface area contributed by atoms with Crippen LogP contribution in [0.2, 0.25) is 0 Å². The number of carboxylic acid groups (broad SMARTS) is 1. The summed E-state index contributed by atoms with van der Waals surface area (Å²) in [7, 11) is 0. The van der Waals surface area contributed by atoms with Crippen molar-refractivity contribution in [1.82, 2.24) is 0 Å². The Morgan fingerprint density at radius 3 is 1.73 bits per heavy atom. The third-order valence-electron chi connectivity index (χ3n) is 13.4. The van der Waals surface area contributed by atoms with Gasteiger partial charge in [0.15, 0.2) is 0 Å². The largest absolute Gasteiger partial charge is 0.481 e. The zero-order valence-corrected chi connectivity index (χ0v) is 22.5. The van der Waals surface area contributed by atoms with E-state index in [-0.39, 0.29) is 22.3 Å². The van der Waals surface area contributed by atoms with Crippen LogP contribution in [0, 0.1) is 56.2 Å². The van der Waals surface area contributed by atoms with Crippen molar-refractivity contribution in [3.05, 3.63) is 0 Å². The molecule has 0 heterocycles. The van der Waals surface area contributed by atoms with E-state index in [0.717, 1.165) is 44.9 Å². The number of fused-ring (bicyclic) bond motifs is 7. The molecule has 188 valence electrons. The van der Waals surface area contributed by atoms with Gasteiger partial charge in [-0.2, -0.15) is 0 Å². The van der Waals surface area contributed by atoms with Crippen LogP contribution in [0.1, 0.15) is 119 Å². The first-order valence-electron chi connectivity index (χ1n) is 14.1. The number of aliphatic carboxylic acids is 1. The Labute approximate surface area is 202 Å². The molecule has 5 rings (SSSR count). The predicted molar refractivity (Wildman–Crippen MR) is 133 cm³/mol. The molecule has 0 radical (unpaired) electrons. The van der Waals surface area contributed by atoms with Crippen molar-refractivity contribution in [3.63, 3.8) is 0 Å². The average Bonchev–Trinajstić information content (AvgIpc) is 2.70. The van der Waals surface area contributed by atoms with Crippen LogP contribution in [0.5, 0.6) is 0 Å². The second-order valence-electron chi connectivity index (χ2n) is 15.5. The molecule has 3 heteroatoms. The van der Waals surface area contributed by atoms with Crippen LogP contribution >= 0.6 is 0 Å². The van der Waals surface area contributed by atoms with Crippen molar-refractivity contribution >= 4 is 5.97 Å². The minimum atomic E-state index is -0.506. The van der Waals surface area contributed by atoms with Gasteiger partial charge in [-0.05, 0) is 121 Å². The van der Waals surface area contributed by atoms with Gasteiger partial charge in [0.25, 0.3) is 0 Å². The van der Waals surface area contributed by atoms with Crippen molar-refractivity contribution < 1.29 is 15.0 Å². The van der Waals surface area contributed by atoms with Crippen molar-refractivity contribution in [2.45, 2.75) is 125 Å². The highest BCUT2D eigenvalue weighted by Gasteiger charge is 2.70. The molecule has 5 saturated carbocycles. The molecule has 0 bridgehead atoms. The van der Waals surface area contributed by atoms with Crippen LogP contribution in [0.4, 0.5) is 0 Å². The van der Waals surface area contributed by atoms with E-state index in [0.29, 0.717) is 34.5 Å². The van der Waals surface area contributed by atoms with E-state index in [2.05, 4.69) is 48.5 Å². The topological polar surface area (TPSA) is 57.5 Å². The molecule has 0 saturated heterocycles. The average molecular weight is 459 g/mol. The zero-order chi connectivity index (χ0) is 24.2. The summed E-state index contributed by atoms with van der Waals surface area (Å²) in [5.74, 6) is 1.71. The van der Waals surface area contributed by atoms with Gasteiger partial charge in [0.05, 0.1) is 11.5 Å². The minimum absolute atomic E-state index is 0.00645. The van der Waals surface area contributed by atoms with Gasteiger partial charge in [-0.15, -0.1) is 0 Å². The Bertz CT molecular complexity index is 830. The molecule has 1 unspecified atom stereocenters. The third kappa shape index (κ3) is 2.99. The van der Waals surface area contributed by atoms with Crippen LogP contribution in [0.25, 0.3) is 0 Å². The lowest BCUT2D eigenvalue weighted by molar-refractivity contribution is -0.248. The van der Waals surface area contributed by atoms with E-state index in [4.69, 9.17) is 0 Å². The Morgan fingerprint density at radius 1 is 0.636 bits per heavy atom. The lowest BCUT2D eigenvalue weighted by atomic mass is 9.32. The summed E-state index contributed by atoms with van der Waals surface area (Å²) >= 11 is 0. The predicted octanol–water partition coefficient (Wildman–Crippen LogP) is 7.31. The lowest BCUT2D eigenvalue weighted by Gasteiger charge is -2.72. The SMILES string of the molecule is CC1(C)CC[C@@]2(C(=O)O)CC[C@@H]3[C@](C)(CCC4[C@]5(C)CC[C@H](O)C(C)(C)[C@H]5CC[C@]43C)[C@@H]2C1. The van der Waals surface area contributed by atoms with Crippen molar-refractivity contribution in [2.24, 2.45) is 56.2 Å². The fraction of sp³-hybridized carbons (Fsp3) is 0.967. The van der Waals surface area contributed by atoms with Crippen LogP contribution in [0.3, 0.4) is 0 Å². The highest BCUT2D eigenvalue weighted by molar-refractivity contribution is 5.75. The summed E-state index contributed by atoms with van der Waals surface area (Å²) in [4.78, 5) is 12.8. The molecule has 0 aromatic carbocycles. The quantitative estimate of drug-likeness (QED) is 0.433. The molecule has 0 aliphatic heterocycles. The maximum absolute atomic E-state index is 12.8. The van der Waals surface area contributed by atoms with Crippen molar-refractivity contribution in [2.75, 3.05) is 0 Å². The van der Waals surface area contributed by atoms with Crippen LogP contribution < -0.4 is 0 Å². The van der Waals surface area contributed by atoms with E-state index < -0.39 is 11.4 Å². The van der Waals surface area contributed by atoms with Crippen LogP contribution in [0.15, 0.2) is 0 Å². The van der Waals surface area contributed by atoms with E-state index >= 15 is 0 Å². The summed E-state index contributed by atoms with van der Waals surface area (Å²) < 4.78 is 0. The molecular formula is C30H50O3. The van der Waals surface area contributed by atoms with E-state index in [1.165, 1.54) is 25.7 Å². The second kappa shape index (κ2) is 7.01. The van der Waals surface area contributed by atoms with Crippen molar-refractivity contribution in [3.8, 4) is 0 Å². The number of aliphatic hydroxyl groups is 1. The second-order valence-corrected chi connectivity index (χ2v) is 15.5. The Balaban J connectivity index is 1.54. The zero-order valence-electron chi connectivity index (χ0n) is 22.5. The molecule has 0 spiro atoms. The van der Waals surface area contributed by atoms with E-state index in [1.54, 1.807) is 0 Å². The molecule has 0 amide bonds. The number of rotatable bonds is 1. The monoisotopic (exact) mass is 458 g/mol. The normalized spacial score (nSPS) is 54.8. The molecule has 2 N–H and O–H groups in total.